The number of thiazole rings is 1. The summed E-state index contributed by atoms with van der Waals surface area (Å²) in [7, 11) is 1.56. The zero-order valence-electron chi connectivity index (χ0n) is 13.4. The predicted molar refractivity (Wildman–Crippen MR) is 107 cm³/mol. The van der Waals surface area contributed by atoms with Gasteiger partial charge in [0.1, 0.15) is 5.75 Å². The molecule has 4 aromatic rings. The van der Waals surface area contributed by atoms with E-state index in [4.69, 9.17) is 16.3 Å². The summed E-state index contributed by atoms with van der Waals surface area (Å²) in [6, 6.07) is 12.9. The summed E-state index contributed by atoms with van der Waals surface area (Å²) in [6.07, 6.45) is 1.83. The highest BCUT2D eigenvalue weighted by atomic mass is 79.9. The Labute approximate surface area is 165 Å². The standard InChI is InChI=1S/C18H11BrClN3O2S/c1-25-14-7-6-11(20)9-12(14)16-21-18-23(22-16)17(24)15(26-18)8-10-4-2-3-5-13(10)19/h2-9H,1H3/b15-8-. The van der Waals surface area contributed by atoms with Crippen LogP contribution < -0.4 is 14.8 Å². The molecule has 0 aliphatic heterocycles. The van der Waals surface area contributed by atoms with Gasteiger partial charge in [0.15, 0.2) is 5.82 Å². The predicted octanol–water partition coefficient (Wildman–Crippen LogP) is 3.79. The first-order valence-electron chi connectivity index (χ1n) is 7.56. The first kappa shape index (κ1) is 17.2. The molecule has 130 valence electrons. The molecular weight excluding hydrogens is 438 g/mol. The highest BCUT2D eigenvalue weighted by molar-refractivity contribution is 9.10. The molecule has 5 nitrogen and oxygen atoms in total. The Bertz CT molecular complexity index is 1240. The lowest BCUT2D eigenvalue weighted by Gasteiger charge is -2.05. The van der Waals surface area contributed by atoms with E-state index in [2.05, 4.69) is 26.0 Å². The largest absolute Gasteiger partial charge is 0.496 e. The Morgan fingerprint density at radius 3 is 2.81 bits per heavy atom. The highest BCUT2D eigenvalue weighted by Gasteiger charge is 2.16. The van der Waals surface area contributed by atoms with Crippen molar-refractivity contribution in [3.8, 4) is 17.1 Å². The van der Waals surface area contributed by atoms with Crippen LogP contribution in [-0.2, 0) is 0 Å². The SMILES string of the molecule is COc1ccc(Cl)cc1-c1nc2s/c(=C\c3ccccc3Br)c(=O)n2n1. The van der Waals surface area contributed by atoms with E-state index in [1.807, 2.05) is 30.3 Å². The molecule has 0 aliphatic rings. The number of fused-ring (bicyclic) bond motifs is 1. The maximum atomic E-state index is 12.7. The molecule has 26 heavy (non-hydrogen) atoms. The van der Waals surface area contributed by atoms with Gasteiger partial charge < -0.3 is 4.74 Å². The molecule has 0 unspecified atom stereocenters. The average Bonchev–Trinajstić information content (AvgIpc) is 3.17. The van der Waals surface area contributed by atoms with Crippen molar-refractivity contribution in [2.24, 2.45) is 0 Å². The van der Waals surface area contributed by atoms with E-state index >= 15 is 0 Å². The zero-order chi connectivity index (χ0) is 18.3. The Morgan fingerprint density at radius 2 is 2.08 bits per heavy atom. The second kappa shape index (κ2) is 6.83. The molecule has 0 fully saturated rings. The summed E-state index contributed by atoms with van der Waals surface area (Å²) < 4.78 is 8.13. The second-order valence-corrected chi connectivity index (χ2v) is 7.71. The van der Waals surface area contributed by atoms with Crippen LogP contribution in [-0.4, -0.2) is 21.7 Å². The maximum Gasteiger partial charge on any atom is 0.291 e. The molecular formula is C18H11BrClN3O2S. The van der Waals surface area contributed by atoms with E-state index in [1.165, 1.54) is 15.9 Å². The minimum absolute atomic E-state index is 0.208. The third kappa shape index (κ3) is 3.02. The van der Waals surface area contributed by atoms with Crippen molar-refractivity contribution in [2.45, 2.75) is 0 Å². The fraction of sp³-hybridized carbons (Fsp3) is 0.0556. The summed E-state index contributed by atoms with van der Waals surface area (Å²) in [6.45, 7) is 0. The molecule has 8 heteroatoms. The van der Waals surface area contributed by atoms with Crippen LogP contribution in [0.2, 0.25) is 5.02 Å². The van der Waals surface area contributed by atoms with Crippen molar-refractivity contribution in [3.05, 3.63) is 72.4 Å². The van der Waals surface area contributed by atoms with Crippen LogP contribution in [0.1, 0.15) is 5.56 Å². The molecule has 4 rings (SSSR count). The number of nitrogens with zero attached hydrogens (tertiary/aromatic N) is 3. The molecule has 0 bridgehead atoms. The normalized spacial score (nSPS) is 12.0. The number of hydrogen-bond donors (Lipinski definition) is 0. The smallest absolute Gasteiger partial charge is 0.291 e. The van der Waals surface area contributed by atoms with E-state index in [0.29, 0.717) is 31.7 Å². The van der Waals surface area contributed by atoms with Crippen LogP contribution in [0.3, 0.4) is 0 Å². The number of benzene rings is 2. The maximum absolute atomic E-state index is 12.7. The Balaban J connectivity index is 1.86. The van der Waals surface area contributed by atoms with Gasteiger partial charge in [0.2, 0.25) is 4.96 Å². The molecule has 0 spiro atoms. The number of ether oxygens (including phenoxy) is 1. The van der Waals surface area contributed by atoms with Crippen molar-refractivity contribution < 1.29 is 4.74 Å². The first-order chi connectivity index (χ1) is 12.6. The molecule has 2 aromatic heterocycles. The van der Waals surface area contributed by atoms with Gasteiger partial charge in [-0.2, -0.15) is 9.50 Å². The summed E-state index contributed by atoms with van der Waals surface area (Å²) in [5, 5.41) is 4.90. The van der Waals surface area contributed by atoms with Crippen LogP contribution >= 0.6 is 38.9 Å². The number of rotatable bonds is 3. The van der Waals surface area contributed by atoms with Crippen molar-refractivity contribution in [2.75, 3.05) is 7.11 Å². The van der Waals surface area contributed by atoms with Crippen LogP contribution in [0.15, 0.2) is 51.7 Å². The molecule has 0 atom stereocenters. The number of halogens is 2. The number of methoxy groups -OCH3 is 1. The van der Waals surface area contributed by atoms with E-state index in [-0.39, 0.29) is 5.56 Å². The van der Waals surface area contributed by atoms with Crippen LogP contribution in [0.25, 0.3) is 22.4 Å². The van der Waals surface area contributed by atoms with Gasteiger partial charge in [-0.1, -0.05) is 57.1 Å². The Kier molecular flexibility index (Phi) is 4.52. The van der Waals surface area contributed by atoms with Crippen molar-refractivity contribution >= 4 is 49.9 Å². The molecule has 2 heterocycles. The fourth-order valence-corrected chi connectivity index (χ4v) is 4.01. The lowest BCUT2D eigenvalue weighted by molar-refractivity contribution is 0.416. The molecule has 0 aliphatic carbocycles. The van der Waals surface area contributed by atoms with E-state index in [1.54, 1.807) is 25.3 Å². The van der Waals surface area contributed by atoms with Gasteiger partial charge in [0.05, 0.1) is 17.2 Å². The molecule has 0 amide bonds. The van der Waals surface area contributed by atoms with Gasteiger partial charge in [-0.3, -0.25) is 4.79 Å². The zero-order valence-corrected chi connectivity index (χ0v) is 16.6. The van der Waals surface area contributed by atoms with E-state index in [9.17, 15) is 4.79 Å². The summed E-state index contributed by atoms with van der Waals surface area (Å²) in [4.78, 5) is 17.7. The summed E-state index contributed by atoms with van der Waals surface area (Å²) in [5.41, 5.74) is 1.36. The Hall–Kier alpha value is -2.22. The van der Waals surface area contributed by atoms with Gasteiger partial charge in [-0.25, -0.2) is 0 Å². The van der Waals surface area contributed by atoms with Gasteiger partial charge >= 0.3 is 0 Å². The molecule has 2 aromatic carbocycles. The number of hydrogen-bond acceptors (Lipinski definition) is 5. The number of aromatic nitrogens is 3. The third-order valence-corrected chi connectivity index (χ3v) is 5.69. The minimum atomic E-state index is -0.208. The monoisotopic (exact) mass is 447 g/mol. The van der Waals surface area contributed by atoms with Crippen LogP contribution in [0.4, 0.5) is 0 Å². The lowest BCUT2D eigenvalue weighted by atomic mass is 10.2. The Morgan fingerprint density at radius 1 is 1.27 bits per heavy atom. The van der Waals surface area contributed by atoms with Crippen LogP contribution in [0.5, 0.6) is 5.75 Å². The summed E-state index contributed by atoms with van der Waals surface area (Å²) in [5.74, 6) is 1.00. The van der Waals surface area contributed by atoms with Crippen LogP contribution in [0, 0.1) is 0 Å². The highest BCUT2D eigenvalue weighted by Crippen LogP contribution is 2.30. The topological polar surface area (TPSA) is 56.5 Å². The van der Waals surface area contributed by atoms with Gasteiger partial charge in [-0.15, -0.1) is 5.10 Å². The van der Waals surface area contributed by atoms with E-state index in [0.717, 1.165) is 10.0 Å². The third-order valence-electron chi connectivity index (χ3n) is 3.78. The molecule has 0 saturated heterocycles. The van der Waals surface area contributed by atoms with Gasteiger partial charge in [0, 0.05) is 9.50 Å². The van der Waals surface area contributed by atoms with Gasteiger partial charge in [0.25, 0.3) is 5.56 Å². The van der Waals surface area contributed by atoms with Gasteiger partial charge in [-0.05, 0) is 35.9 Å². The quantitative estimate of drug-likeness (QED) is 0.478. The van der Waals surface area contributed by atoms with Crippen molar-refractivity contribution in [1.29, 1.82) is 0 Å². The first-order valence-corrected chi connectivity index (χ1v) is 9.55. The molecule has 0 N–H and O–H groups in total. The van der Waals surface area contributed by atoms with Crippen molar-refractivity contribution in [1.82, 2.24) is 14.6 Å². The summed E-state index contributed by atoms with van der Waals surface area (Å²) >= 11 is 10.8. The average molecular weight is 449 g/mol. The molecule has 0 radical (unpaired) electrons. The van der Waals surface area contributed by atoms with E-state index < -0.39 is 0 Å². The lowest BCUT2D eigenvalue weighted by Crippen LogP contribution is -2.23. The fourth-order valence-electron chi connectivity index (χ4n) is 2.54. The second-order valence-electron chi connectivity index (χ2n) is 5.41. The molecule has 0 saturated carbocycles. The minimum Gasteiger partial charge on any atom is -0.496 e. The van der Waals surface area contributed by atoms with Crippen molar-refractivity contribution in [3.63, 3.8) is 0 Å².